The molecule has 4 amide bonds. The number of hydrogen-bond donors (Lipinski definition) is 1. The van der Waals surface area contributed by atoms with Crippen molar-refractivity contribution in [2.45, 2.75) is 84.8 Å². The first-order chi connectivity index (χ1) is 13.2. The summed E-state index contributed by atoms with van der Waals surface area (Å²) in [4.78, 5) is 60.4. The number of hydrogen-bond acceptors (Lipinski definition) is 7. The molecule has 0 spiro atoms. The van der Waals surface area contributed by atoms with Crippen LogP contribution in [0.2, 0.25) is 0 Å². The summed E-state index contributed by atoms with van der Waals surface area (Å²) in [6.45, 7) is 10.3. The van der Waals surface area contributed by atoms with Crippen LogP contribution >= 0.6 is 0 Å². The molecule has 1 unspecified atom stereocenters. The second-order valence-electron chi connectivity index (χ2n) is 9.06. The highest BCUT2D eigenvalue weighted by Gasteiger charge is 2.35. The van der Waals surface area contributed by atoms with Gasteiger partial charge in [-0.25, -0.2) is 14.5 Å². The van der Waals surface area contributed by atoms with Crippen molar-refractivity contribution >= 4 is 29.8 Å². The topological polar surface area (TPSA) is 119 Å². The Hall–Kier alpha value is -2.45. The van der Waals surface area contributed by atoms with Crippen LogP contribution in [-0.4, -0.2) is 52.4 Å². The molecule has 0 saturated carbocycles. The van der Waals surface area contributed by atoms with Gasteiger partial charge in [-0.1, -0.05) is 6.42 Å². The first kappa shape index (κ1) is 24.6. The maximum atomic E-state index is 12.4. The number of ketones is 1. The number of carbonyl (C=O) groups is 5. The smallest absolute Gasteiger partial charge is 0.419 e. The van der Waals surface area contributed by atoms with E-state index in [2.05, 4.69) is 5.32 Å². The van der Waals surface area contributed by atoms with Crippen molar-refractivity contribution in [2.24, 2.45) is 5.92 Å². The molecule has 1 rings (SSSR count). The van der Waals surface area contributed by atoms with E-state index in [4.69, 9.17) is 9.47 Å². The molecule has 0 radical (unpaired) electrons. The number of ether oxygens (including phenoxy) is 2. The highest BCUT2D eigenvalue weighted by molar-refractivity contribution is 6.14. The van der Waals surface area contributed by atoms with Gasteiger partial charge in [0.2, 0.25) is 11.8 Å². The van der Waals surface area contributed by atoms with Crippen LogP contribution in [0.4, 0.5) is 9.59 Å². The monoisotopic (exact) mass is 412 g/mol. The van der Waals surface area contributed by atoms with Gasteiger partial charge in [-0.05, 0) is 54.4 Å². The molecule has 1 saturated heterocycles. The van der Waals surface area contributed by atoms with Gasteiger partial charge in [0.1, 0.15) is 22.9 Å². The Morgan fingerprint density at radius 1 is 0.931 bits per heavy atom. The average molecular weight is 412 g/mol. The summed E-state index contributed by atoms with van der Waals surface area (Å²) >= 11 is 0. The van der Waals surface area contributed by atoms with Crippen molar-refractivity contribution in [3.63, 3.8) is 0 Å². The number of imide groups is 2. The molecule has 9 nitrogen and oxygen atoms in total. The van der Waals surface area contributed by atoms with Crippen molar-refractivity contribution in [3.8, 4) is 0 Å². The quantitative estimate of drug-likeness (QED) is 0.388. The second kappa shape index (κ2) is 9.84. The van der Waals surface area contributed by atoms with Crippen LogP contribution < -0.4 is 5.32 Å². The van der Waals surface area contributed by atoms with Crippen LogP contribution in [0, 0.1) is 5.92 Å². The number of nitrogens with one attached hydrogen (secondary N) is 1. The molecule has 0 aromatic rings. The van der Waals surface area contributed by atoms with Gasteiger partial charge in [-0.15, -0.1) is 0 Å². The fourth-order valence-electron chi connectivity index (χ4n) is 2.63. The second-order valence-corrected chi connectivity index (χ2v) is 9.06. The van der Waals surface area contributed by atoms with Crippen molar-refractivity contribution in [1.29, 1.82) is 0 Å². The van der Waals surface area contributed by atoms with E-state index in [0.717, 1.165) is 4.90 Å². The lowest BCUT2D eigenvalue weighted by Crippen LogP contribution is -2.44. The Bertz CT molecular complexity index is 631. The summed E-state index contributed by atoms with van der Waals surface area (Å²) in [6, 6.07) is 0. The van der Waals surface area contributed by atoms with E-state index >= 15 is 0 Å². The van der Waals surface area contributed by atoms with E-state index in [1.165, 1.54) is 0 Å². The summed E-state index contributed by atoms with van der Waals surface area (Å²) < 4.78 is 10.6. The summed E-state index contributed by atoms with van der Waals surface area (Å²) in [5, 5.41) is 2.12. The molecule has 0 aliphatic carbocycles. The molecule has 1 fully saturated rings. The summed E-state index contributed by atoms with van der Waals surface area (Å²) in [7, 11) is 0. The van der Waals surface area contributed by atoms with Crippen LogP contribution in [0.5, 0.6) is 0 Å². The van der Waals surface area contributed by atoms with Crippen molar-refractivity contribution < 1.29 is 33.4 Å². The van der Waals surface area contributed by atoms with Crippen molar-refractivity contribution in [1.82, 2.24) is 10.2 Å². The molecule has 0 aromatic heterocycles. The third kappa shape index (κ3) is 9.06. The molecule has 164 valence electrons. The van der Waals surface area contributed by atoms with Gasteiger partial charge >= 0.3 is 12.2 Å². The van der Waals surface area contributed by atoms with E-state index in [-0.39, 0.29) is 25.2 Å². The lowest BCUT2D eigenvalue weighted by molar-refractivity contribution is -0.131. The zero-order chi connectivity index (χ0) is 22.4. The summed E-state index contributed by atoms with van der Waals surface area (Å²) in [5.74, 6) is -2.15. The highest BCUT2D eigenvalue weighted by atomic mass is 16.6. The van der Waals surface area contributed by atoms with E-state index < -0.39 is 41.1 Å². The molecule has 1 N–H and O–H groups in total. The van der Waals surface area contributed by atoms with Gasteiger partial charge in [-0.2, -0.15) is 0 Å². The van der Waals surface area contributed by atoms with Crippen LogP contribution in [0.3, 0.4) is 0 Å². The Balaban J connectivity index is 2.53. The standard InChI is InChI=1S/C20H32N2O7/c1-19(2,3)28-17(26)22(18(27)29-20(4,5)6)11-9-7-8-10-14(23)13-12-15(24)21-16(13)25/h13H,7-12H2,1-6H3,(H,21,24,25). The Kier molecular flexibility index (Phi) is 8.35. The molecular formula is C20H32N2O7. The SMILES string of the molecule is CC(C)(C)OC(=O)N(CCCCCC(=O)C1CC(=O)NC1=O)C(=O)OC(C)(C)C. The predicted molar refractivity (Wildman–Crippen MR) is 104 cm³/mol. The van der Waals surface area contributed by atoms with E-state index in [0.29, 0.717) is 19.3 Å². The number of unbranched alkanes of at least 4 members (excludes halogenated alkanes) is 2. The molecule has 1 heterocycles. The van der Waals surface area contributed by atoms with E-state index in [9.17, 15) is 24.0 Å². The van der Waals surface area contributed by atoms with Crippen molar-refractivity contribution in [2.75, 3.05) is 6.54 Å². The molecule has 1 aliphatic heterocycles. The molecule has 1 atom stereocenters. The third-order valence-electron chi connectivity index (χ3n) is 3.89. The van der Waals surface area contributed by atoms with Gasteiger partial charge < -0.3 is 9.47 Å². The summed E-state index contributed by atoms with van der Waals surface area (Å²) in [6.07, 6.45) is -0.0364. The van der Waals surface area contributed by atoms with Crippen LogP contribution in [-0.2, 0) is 23.9 Å². The third-order valence-corrected chi connectivity index (χ3v) is 3.89. The predicted octanol–water partition coefficient (Wildman–Crippen LogP) is 2.95. The van der Waals surface area contributed by atoms with Gasteiger partial charge in [0.15, 0.2) is 0 Å². The number of amides is 4. The molecular weight excluding hydrogens is 380 g/mol. The number of Topliss-reactive ketones (excluding diaryl/α,β-unsaturated/α-hetero) is 1. The van der Waals surface area contributed by atoms with Crippen LogP contribution in [0.25, 0.3) is 0 Å². The molecule has 1 aliphatic rings. The maximum Gasteiger partial charge on any atom is 0.419 e. The highest BCUT2D eigenvalue weighted by Crippen LogP contribution is 2.18. The lowest BCUT2D eigenvalue weighted by Gasteiger charge is -2.28. The normalized spacial score (nSPS) is 17.0. The maximum absolute atomic E-state index is 12.4. The number of carbonyl (C=O) groups excluding carboxylic acids is 5. The van der Waals surface area contributed by atoms with Gasteiger partial charge in [-0.3, -0.25) is 19.7 Å². The Labute approximate surface area is 171 Å². The number of rotatable bonds is 7. The average Bonchev–Trinajstić information content (AvgIpc) is 2.85. The van der Waals surface area contributed by atoms with E-state index in [1.807, 2.05) is 0 Å². The molecule has 9 heteroatoms. The fourth-order valence-corrected chi connectivity index (χ4v) is 2.63. The minimum atomic E-state index is -0.900. The Morgan fingerprint density at radius 2 is 1.45 bits per heavy atom. The minimum absolute atomic E-state index is 0.0837. The minimum Gasteiger partial charge on any atom is -0.443 e. The van der Waals surface area contributed by atoms with Gasteiger partial charge in [0.25, 0.3) is 0 Å². The fraction of sp³-hybridized carbons (Fsp3) is 0.750. The van der Waals surface area contributed by atoms with Gasteiger partial charge in [0, 0.05) is 19.4 Å². The van der Waals surface area contributed by atoms with Gasteiger partial charge in [0.05, 0.1) is 0 Å². The first-order valence-electron chi connectivity index (χ1n) is 9.79. The number of nitrogens with zero attached hydrogens (tertiary/aromatic N) is 1. The Morgan fingerprint density at radius 3 is 1.86 bits per heavy atom. The van der Waals surface area contributed by atoms with Crippen LogP contribution in [0.1, 0.15) is 73.6 Å². The zero-order valence-electron chi connectivity index (χ0n) is 18.1. The molecule has 0 bridgehead atoms. The summed E-state index contributed by atoms with van der Waals surface area (Å²) in [5.41, 5.74) is -1.52. The molecule has 0 aromatic carbocycles. The molecule has 29 heavy (non-hydrogen) atoms. The van der Waals surface area contributed by atoms with E-state index in [1.54, 1.807) is 41.5 Å². The van der Waals surface area contributed by atoms with Crippen LogP contribution in [0.15, 0.2) is 0 Å². The lowest BCUT2D eigenvalue weighted by atomic mass is 9.97. The largest absolute Gasteiger partial charge is 0.443 e. The first-order valence-corrected chi connectivity index (χ1v) is 9.79. The van der Waals surface area contributed by atoms with Crippen molar-refractivity contribution in [3.05, 3.63) is 0 Å². The zero-order valence-corrected chi connectivity index (χ0v) is 18.1.